The van der Waals surface area contributed by atoms with Crippen molar-refractivity contribution in [3.63, 3.8) is 0 Å². The standard InChI is InChI=1S/C16H18N2O4/c1-17-14(20)13(15(21)18(2)16(17)22)12(19)10-6-9-11-7-4-3-5-8-11/h3-5,7-8,20H,6,9-10H2,1-2H3. The van der Waals surface area contributed by atoms with Gasteiger partial charge in [-0.15, -0.1) is 0 Å². The zero-order valence-electron chi connectivity index (χ0n) is 12.6. The molecular formula is C16H18N2O4. The van der Waals surface area contributed by atoms with E-state index < -0.39 is 22.9 Å². The molecule has 0 atom stereocenters. The first-order valence-electron chi connectivity index (χ1n) is 6.99. The smallest absolute Gasteiger partial charge is 0.333 e. The van der Waals surface area contributed by atoms with E-state index in [2.05, 4.69) is 0 Å². The molecule has 0 amide bonds. The van der Waals surface area contributed by atoms with Gasteiger partial charge in [-0.2, -0.15) is 0 Å². The molecule has 1 aromatic heterocycles. The van der Waals surface area contributed by atoms with Gasteiger partial charge in [0.25, 0.3) is 5.56 Å². The number of aryl methyl sites for hydroxylation is 1. The number of Topliss-reactive ketones (excluding diaryl/α,β-unsaturated/α-hetero) is 1. The first kappa shape index (κ1) is 15.8. The Balaban J connectivity index is 2.17. The van der Waals surface area contributed by atoms with Gasteiger partial charge in [-0.3, -0.25) is 18.7 Å². The fraction of sp³-hybridized carbons (Fsp3) is 0.312. The highest BCUT2D eigenvalue weighted by atomic mass is 16.3. The lowest BCUT2D eigenvalue weighted by Crippen LogP contribution is -2.39. The van der Waals surface area contributed by atoms with Gasteiger partial charge in [0.1, 0.15) is 5.56 Å². The Morgan fingerprint density at radius 2 is 1.73 bits per heavy atom. The van der Waals surface area contributed by atoms with E-state index in [1.165, 1.54) is 14.1 Å². The predicted molar refractivity (Wildman–Crippen MR) is 82.3 cm³/mol. The van der Waals surface area contributed by atoms with Gasteiger partial charge in [0.2, 0.25) is 5.88 Å². The number of hydrogen-bond acceptors (Lipinski definition) is 4. The molecule has 0 bridgehead atoms. The van der Waals surface area contributed by atoms with Crippen LogP contribution in [0.2, 0.25) is 0 Å². The van der Waals surface area contributed by atoms with Crippen LogP contribution in [0.25, 0.3) is 0 Å². The molecule has 6 heteroatoms. The van der Waals surface area contributed by atoms with Gasteiger partial charge in [0, 0.05) is 20.5 Å². The Morgan fingerprint density at radius 1 is 1.09 bits per heavy atom. The maximum Gasteiger partial charge on any atom is 0.333 e. The normalized spacial score (nSPS) is 10.6. The summed E-state index contributed by atoms with van der Waals surface area (Å²) in [5.41, 5.74) is -0.640. The van der Waals surface area contributed by atoms with Gasteiger partial charge in [-0.1, -0.05) is 30.3 Å². The van der Waals surface area contributed by atoms with Crippen LogP contribution in [0.4, 0.5) is 0 Å². The second-order valence-corrected chi connectivity index (χ2v) is 5.17. The van der Waals surface area contributed by atoms with E-state index in [1.807, 2.05) is 30.3 Å². The van der Waals surface area contributed by atoms with E-state index in [9.17, 15) is 19.5 Å². The van der Waals surface area contributed by atoms with Crippen molar-refractivity contribution in [2.45, 2.75) is 19.3 Å². The highest BCUT2D eigenvalue weighted by Gasteiger charge is 2.21. The molecule has 0 spiro atoms. The van der Waals surface area contributed by atoms with Crippen molar-refractivity contribution in [2.75, 3.05) is 0 Å². The first-order valence-corrected chi connectivity index (χ1v) is 6.99. The number of nitrogens with zero attached hydrogens (tertiary/aromatic N) is 2. The van der Waals surface area contributed by atoms with Gasteiger partial charge >= 0.3 is 5.69 Å². The molecule has 0 saturated heterocycles. The van der Waals surface area contributed by atoms with E-state index >= 15 is 0 Å². The summed E-state index contributed by atoms with van der Waals surface area (Å²) in [6.07, 6.45) is 1.41. The van der Waals surface area contributed by atoms with Crippen LogP contribution >= 0.6 is 0 Å². The fourth-order valence-corrected chi connectivity index (χ4v) is 2.30. The molecule has 0 radical (unpaired) electrons. The van der Waals surface area contributed by atoms with Gasteiger partial charge < -0.3 is 5.11 Å². The van der Waals surface area contributed by atoms with E-state index in [1.54, 1.807) is 0 Å². The van der Waals surface area contributed by atoms with E-state index in [0.29, 0.717) is 12.8 Å². The largest absolute Gasteiger partial charge is 0.494 e. The fourth-order valence-electron chi connectivity index (χ4n) is 2.30. The number of hydrogen-bond donors (Lipinski definition) is 1. The van der Waals surface area contributed by atoms with Crippen LogP contribution in [0.1, 0.15) is 28.8 Å². The van der Waals surface area contributed by atoms with Crippen molar-refractivity contribution < 1.29 is 9.90 Å². The maximum atomic E-state index is 12.2. The molecule has 0 saturated carbocycles. The van der Waals surface area contributed by atoms with Crippen LogP contribution in [-0.4, -0.2) is 20.0 Å². The molecule has 0 fully saturated rings. The molecule has 22 heavy (non-hydrogen) atoms. The number of carbonyl (C=O) groups excluding carboxylic acids is 1. The third kappa shape index (κ3) is 3.00. The quantitative estimate of drug-likeness (QED) is 0.835. The van der Waals surface area contributed by atoms with E-state index in [0.717, 1.165) is 14.7 Å². The summed E-state index contributed by atoms with van der Waals surface area (Å²) in [5, 5.41) is 9.90. The van der Waals surface area contributed by atoms with E-state index in [4.69, 9.17) is 0 Å². The highest BCUT2D eigenvalue weighted by molar-refractivity contribution is 5.97. The summed E-state index contributed by atoms with van der Waals surface area (Å²) >= 11 is 0. The Kier molecular flexibility index (Phi) is 4.60. The van der Waals surface area contributed by atoms with Crippen molar-refractivity contribution in [2.24, 2.45) is 14.1 Å². The third-order valence-corrected chi connectivity index (χ3v) is 3.62. The molecule has 116 valence electrons. The zero-order chi connectivity index (χ0) is 16.3. The van der Waals surface area contributed by atoms with Crippen LogP contribution in [-0.2, 0) is 20.5 Å². The highest BCUT2D eigenvalue weighted by Crippen LogP contribution is 2.13. The molecule has 1 aromatic carbocycles. The summed E-state index contributed by atoms with van der Waals surface area (Å²) in [4.78, 5) is 35.8. The van der Waals surface area contributed by atoms with Crippen LogP contribution in [0, 0.1) is 0 Å². The molecule has 0 aliphatic heterocycles. The summed E-state index contributed by atoms with van der Waals surface area (Å²) in [6, 6.07) is 9.69. The van der Waals surface area contributed by atoms with Crippen LogP contribution in [0.15, 0.2) is 39.9 Å². The van der Waals surface area contributed by atoms with Crippen molar-refractivity contribution in [1.29, 1.82) is 0 Å². The van der Waals surface area contributed by atoms with Gasteiger partial charge in [-0.25, -0.2) is 4.79 Å². The Bertz CT molecular complexity index is 803. The van der Waals surface area contributed by atoms with Crippen LogP contribution < -0.4 is 11.2 Å². The molecule has 2 rings (SSSR count). The number of aromatic hydroxyl groups is 1. The maximum absolute atomic E-state index is 12.2. The monoisotopic (exact) mass is 302 g/mol. The minimum Gasteiger partial charge on any atom is -0.494 e. The lowest BCUT2D eigenvalue weighted by molar-refractivity contribution is 0.0973. The van der Waals surface area contributed by atoms with Crippen LogP contribution in [0.3, 0.4) is 0 Å². The number of aromatic nitrogens is 2. The summed E-state index contributed by atoms with van der Waals surface area (Å²) < 4.78 is 1.72. The minimum atomic E-state index is -0.759. The first-order chi connectivity index (χ1) is 10.4. The predicted octanol–water partition coefficient (Wildman–Crippen LogP) is 0.995. The molecule has 0 unspecified atom stereocenters. The number of ketones is 1. The SMILES string of the molecule is Cn1c(O)c(C(=O)CCCc2ccccc2)c(=O)n(C)c1=O. The molecule has 1 heterocycles. The molecule has 0 aliphatic carbocycles. The summed E-state index contributed by atoms with van der Waals surface area (Å²) in [5.74, 6) is -1.03. The summed E-state index contributed by atoms with van der Waals surface area (Å²) in [6.45, 7) is 0. The lowest BCUT2D eigenvalue weighted by Gasteiger charge is -2.09. The van der Waals surface area contributed by atoms with E-state index in [-0.39, 0.29) is 12.0 Å². The van der Waals surface area contributed by atoms with Crippen molar-refractivity contribution in [3.05, 3.63) is 62.3 Å². The average molecular weight is 302 g/mol. The van der Waals surface area contributed by atoms with Gasteiger partial charge in [-0.05, 0) is 18.4 Å². The number of rotatable bonds is 5. The number of carbonyl (C=O) groups is 1. The second kappa shape index (κ2) is 6.43. The van der Waals surface area contributed by atoms with Gasteiger partial charge in [0.05, 0.1) is 0 Å². The van der Waals surface area contributed by atoms with Gasteiger partial charge in [0.15, 0.2) is 5.78 Å². The Labute approximate surface area is 127 Å². The van der Waals surface area contributed by atoms with Crippen molar-refractivity contribution in [3.8, 4) is 5.88 Å². The average Bonchev–Trinajstić information content (AvgIpc) is 2.52. The number of benzene rings is 1. The molecular weight excluding hydrogens is 284 g/mol. The lowest BCUT2D eigenvalue weighted by atomic mass is 10.0. The molecule has 2 aromatic rings. The Morgan fingerprint density at radius 3 is 2.36 bits per heavy atom. The molecule has 1 N–H and O–H groups in total. The summed E-state index contributed by atoms with van der Waals surface area (Å²) in [7, 11) is 2.60. The van der Waals surface area contributed by atoms with Crippen molar-refractivity contribution >= 4 is 5.78 Å². The minimum absolute atomic E-state index is 0.135. The molecule has 6 nitrogen and oxygen atoms in total. The molecule has 0 aliphatic rings. The van der Waals surface area contributed by atoms with Crippen molar-refractivity contribution in [1.82, 2.24) is 9.13 Å². The van der Waals surface area contributed by atoms with Crippen LogP contribution in [0.5, 0.6) is 5.88 Å². The topological polar surface area (TPSA) is 81.3 Å². The third-order valence-electron chi connectivity index (χ3n) is 3.62. The second-order valence-electron chi connectivity index (χ2n) is 5.17. The zero-order valence-corrected chi connectivity index (χ0v) is 12.6. The Hall–Kier alpha value is -2.63.